The normalized spacial score (nSPS) is 10.1. The number of aromatic nitrogens is 2. The predicted octanol–water partition coefficient (Wildman–Crippen LogP) is 2.73. The number of hydrogen-bond acceptors (Lipinski definition) is 4. The quantitative estimate of drug-likeness (QED) is 0.905. The number of amides is 1. The maximum absolute atomic E-state index is 12.0. The number of carbonyl (C=O) groups excluding carboxylic acids is 1. The molecule has 2 N–H and O–H groups in total. The molecule has 0 saturated heterocycles. The average molecular weight is 277 g/mol. The number of rotatable bonds is 3. The van der Waals surface area contributed by atoms with Crippen molar-refractivity contribution >= 4 is 29.0 Å². The molecule has 1 aromatic carbocycles. The van der Waals surface area contributed by atoms with Crippen molar-refractivity contribution in [2.24, 2.45) is 0 Å². The first kappa shape index (κ1) is 13.3. The molecule has 1 amide bonds. The van der Waals surface area contributed by atoms with Crippen molar-refractivity contribution in [1.82, 2.24) is 9.97 Å². The van der Waals surface area contributed by atoms with E-state index in [2.05, 4.69) is 20.6 Å². The Morgan fingerprint density at radius 1 is 1.26 bits per heavy atom. The summed E-state index contributed by atoms with van der Waals surface area (Å²) in [5.74, 6) is 0.288. The van der Waals surface area contributed by atoms with Crippen LogP contribution in [-0.4, -0.2) is 22.9 Å². The van der Waals surface area contributed by atoms with E-state index in [-0.39, 0.29) is 11.6 Å². The Morgan fingerprint density at radius 3 is 2.68 bits per heavy atom. The number of nitrogens with one attached hydrogen (secondary N) is 2. The van der Waals surface area contributed by atoms with Crippen LogP contribution in [0, 0.1) is 6.92 Å². The van der Waals surface area contributed by atoms with Gasteiger partial charge in [-0.1, -0.05) is 17.7 Å². The van der Waals surface area contributed by atoms with Crippen molar-refractivity contribution in [3.63, 3.8) is 0 Å². The zero-order valence-electron chi connectivity index (χ0n) is 10.6. The summed E-state index contributed by atoms with van der Waals surface area (Å²) in [6.45, 7) is 1.89. The molecule has 0 aliphatic rings. The molecule has 0 bridgehead atoms. The molecule has 0 radical (unpaired) electrons. The molecule has 0 saturated carbocycles. The molecule has 2 aromatic rings. The third kappa shape index (κ3) is 3.20. The Hall–Kier alpha value is -2.14. The van der Waals surface area contributed by atoms with E-state index in [1.54, 1.807) is 19.2 Å². The lowest BCUT2D eigenvalue weighted by molar-refractivity contribution is 0.102. The largest absolute Gasteiger partial charge is 0.372 e. The van der Waals surface area contributed by atoms with Crippen LogP contribution in [0.2, 0.25) is 5.02 Å². The third-order valence-corrected chi connectivity index (χ3v) is 2.82. The van der Waals surface area contributed by atoms with Gasteiger partial charge in [0.25, 0.3) is 5.91 Å². The van der Waals surface area contributed by atoms with E-state index in [4.69, 9.17) is 11.6 Å². The molecule has 1 aromatic heterocycles. The SMILES string of the molecule is CNc1cnc(C(=O)Nc2cc(Cl)ccc2C)cn1. The lowest BCUT2D eigenvalue weighted by Gasteiger charge is -2.08. The van der Waals surface area contributed by atoms with Crippen molar-refractivity contribution in [2.75, 3.05) is 17.7 Å². The molecule has 19 heavy (non-hydrogen) atoms. The molecule has 5 nitrogen and oxygen atoms in total. The first-order valence-electron chi connectivity index (χ1n) is 5.67. The third-order valence-electron chi connectivity index (χ3n) is 2.59. The molecule has 0 aliphatic carbocycles. The number of halogens is 1. The fraction of sp³-hybridized carbons (Fsp3) is 0.154. The fourth-order valence-corrected chi connectivity index (χ4v) is 1.66. The minimum absolute atomic E-state index is 0.248. The summed E-state index contributed by atoms with van der Waals surface area (Å²) in [5, 5.41) is 6.16. The van der Waals surface area contributed by atoms with Crippen LogP contribution in [0.3, 0.4) is 0 Å². The number of aryl methyl sites for hydroxylation is 1. The number of anilines is 2. The van der Waals surface area contributed by atoms with Gasteiger partial charge < -0.3 is 10.6 Å². The Kier molecular flexibility index (Phi) is 3.97. The highest BCUT2D eigenvalue weighted by Gasteiger charge is 2.10. The number of nitrogens with zero attached hydrogens (tertiary/aromatic N) is 2. The van der Waals surface area contributed by atoms with E-state index in [0.717, 1.165) is 5.56 Å². The summed E-state index contributed by atoms with van der Waals surface area (Å²) < 4.78 is 0. The first-order chi connectivity index (χ1) is 9.10. The van der Waals surface area contributed by atoms with E-state index in [1.807, 2.05) is 13.0 Å². The Balaban J connectivity index is 2.18. The summed E-state index contributed by atoms with van der Waals surface area (Å²) in [6, 6.07) is 5.31. The van der Waals surface area contributed by atoms with Gasteiger partial charge in [0, 0.05) is 17.8 Å². The van der Waals surface area contributed by atoms with E-state index < -0.39 is 0 Å². The molecule has 0 fully saturated rings. The van der Waals surface area contributed by atoms with Gasteiger partial charge >= 0.3 is 0 Å². The lowest BCUT2D eigenvalue weighted by Crippen LogP contribution is -2.15. The predicted molar refractivity (Wildman–Crippen MR) is 75.7 cm³/mol. The maximum atomic E-state index is 12.0. The second kappa shape index (κ2) is 5.67. The number of benzene rings is 1. The molecule has 0 aliphatic heterocycles. The van der Waals surface area contributed by atoms with E-state index in [9.17, 15) is 4.79 Å². The van der Waals surface area contributed by atoms with Crippen molar-refractivity contribution in [3.05, 3.63) is 46.9 Å². The van der Waals surface area contributed by atoms with E-state index in [1.165, 1.54) is 12.4 Å². The van der Waals surface area contributed by atoms with Crippen LogP contribution in [0.4, 0.5) is 11.5 Å². The minimum atomic E-state index is -0.319. The monoisotopic (exact) mass is 276 g/mol. The topological polar surface area (TPSA) is 66.9 Å². The molecule has 1 heterocycles. The van der Waals surface area contributed by atoms with Gasteiger partial charge in [0.15, 0.2) is 0 Å². The summed E-state index contributed by atoms with van der Waals surface area (Å²) >= 11 is 5.90. The van der Waals surface area contributed by atoms with E-state index >= 15 is 0 Å². The molecule has 0 unspecified atom stereocenters. The average Bonchev–Trinajstić information content (AvgIpc) is 2.43. The number of hydrogen-bond donors (Lipinski definition) is 2. The van der Waals surface area contributed by atoms with Gasteiger partial charge in [-0.25, -0.2) is 9.97 Å². The van der Waals surface area contributed by atoms with Crippen molar-refractivity contribution in [1.29, 1.82) is 0 Å². The smallest absolute Gasteiger partial charge is 0.275 e. The zero-order chi connectivity index (χ0) is 13.8. The van der Waals surface area contributed by atoms with Crippen LogP contribution in [0.25, 0.3) is 0 Å². The van der Waals surface area contributed by atoms with Crippen molar-refractivity contribution in [3.8, 4) is 0 Å². The molecule has 2 rings (SSSR count). The minimum Gasteiger partial charge on any atom is -0.372 e. The van der Waals surface area contributed by atoms with Crippen LogP contribution >= 0.6 is 11.6 Å². The lowest BCUT2D eigenvalue weighted by atomic mass is 10.2. The first-order valence-corrected chi connectivity index (χ1v) is 6.05. The fourth-order valence-electron chi connectivity index (χ4n) is 1.49. The molecule has 0 atom stereocenters. The summed E-state index contributed by atoms with van der Waals surface area (Å²) in [7, 11) is 1.74. The van der Waals surface area contributed by atoms with Crippen LogP contribution < -0.4 is 10.6 Å². The number of carbonyl (C=O) groups is 1. The van der Waals surface area contributed by atoms with Gasteiger partial charge in [-0.3, -0.25) is 4.79 Å². The summed E-state index contributed by atoms with van der Waals surface area (Å²) in [4.78, 5) is 20.1. The van der Waals surface area contributed by atoms with Crippen LogP contribution in [0.5, 0.6) is 0 Å². The van der Waals surface area contributed by atoms with Crippen LogP contribution in [0.1, 0.15) is 16.1 Å². The van der Waals surface area contributed by atoms with Gasteiger partial charge in [-0.15, -0.1) is 0 Å². The Labute approximate surface area is 116 Å². The van der Waals surface area contributed by atoms with Crippen LogP contribution in [-0.2, 0) is 0 Å². The molecular weight excluding hydrogens is 264 g/mol. The highest BCUT2D eigenvalue weighted by Crippen LogP contribution is 2.20. The standard InChI is InChI=1S/C13H13ClN4O/c1-8-3-4-9(14)5-10(8)18-13(19)11-6-17-12(15-2)7-16-11/h3-7H,1-2H3,(H,15,17)(H,18,19). The van der Waals surface area contributed by atoms with Crippen molar-refractivity contribution < 1.29 is 4.79 Å². The van der Waals surface area contributed by atoms with Gasteiger partial charge in [-0.05, 0) is 24.6 Å². The molecule has 98 valence electrons. The molecule has 0 spiro atoms. The summed E-state index contributed by atoms with van der Waals surface area (Å²) in [6.07, 6.45) is 2.92. The highest BCUT2D eigenvalue weighted by molar-refractivity contribution is 6.31. The van der Waals surface area contributed by atoms with Gasteiger partial charge in [0.2, 0.25) is 0 Å². The summed E-state index contributed by atoms with van der Waals surface area (Å²) in [5.41, 5.74) is 1.84. The van der Waals surface area contributed by atoms with Gasteiger partial charge in [-0.2, -0.15) is 0 Å². The maximum Gasteiger partial charge on any atom is 0.275 e. The molecular formula is C13H13ClN4O. The van der Waals surface area contributed by atoms with Gasteiger partial charge in [0.05, 0.1) is 12.4 Å². The molecule has 6 heteroatoms. The second-order valence-electron chi connectivity index (χ2n) is 3.95. The Morgan fingerprint density at radius 2 is 2.05 bits per heavy atom. The van der Waals surface area contributed by atoms with E-state index in [0.29, 0.717) is 16.5 Å². The van der Waals surface area contributed by atoms with Gasteiger partial charge in [0.1, 0.15) is 11.5 Å². The second-order valence-corrected chi connectivity index (χ2v) is 4.39. The highest BCUT2D eigenvalue weighted by atomic mass is 35.5. The Bertz CT molecular complexity index is 598. The van der Waals surface area contributed by atoms with Crippen LogP contribution in [0.15, 0.2) is 30.6 Å². The van der Waals surface area contributed by atoms with Crippen molar-refractivity contribution in [2.45, 2.75) is 6.92 Å². The zero-order valence-corrected chi connectivity index (χ0v) is 11.3.